The monoisotopic (exact) mass is 352 g/mol. The first kappa shape index (κ1) is 18.5. The lowest BCUT2D eigenvalue weighted by atomic mass is 10.0. The zero-order valence-corrected chi connectivity index (χ0v) is 15.7. The van der Waals surface area contributed by atoms with Crippen molar-refractivity contribution in [1.29, 1.82) is 0 Å². The van der Waals surface area contributed by atoms with Crippen LogP contribution in [0.3, 0.4) is 0 Å². The van der Waals surface area contributed by atoms with Gasteiger partial charge in [0.15, 0.2) is 6.10 Å². The molecule has 0 bridgehead atoms. The Balaban J connectivity index is 1.43. The van der Waals surface area contributed by atoms with Gasteiger partial charge in [-0.15, -0.1) is 0 Å². The van der Waals surface area contributed by atoms with Crippen LogP contribution >= 0.6 is 0 Å². The molecule has 1 fully saturated rings. The topological polar surface area (TPSA) is 41.6 Å². The van der Waals surface area contributed by atoms with Crippen LogP contribution in [0.25, 0.3) is 0 Å². The minimum atomic E-state index is -0.488. The fourth-order valence-corrected chi connectivity index (χ4v) is 3.33. The van der Waals surface area contributed by atoms with Crippen molar-refractivity contribution < 1.29 is 9.53 Å². The van der Waals surface area contributed by atoms with E-state index < -0.39 is 6.10 Å². The summed E-state index contributed by atoms with van der Waals surface area (Å²) in [6.07, 6.45) is 1.48. The number of nitrogens with zero attached hydrogens (tertiary/aromatic N) is 1. The first-order valence-electron chi connectivity index (χ1n) is 9.41. The number of carbonyl (C=O) groups is 1. The van der Waals surface area contributed by atoms with Gasteiger partial charge in [0.25, 0.3) is 5.91 Å². The second-order valence-corrected chi connectivity index (χ2v) is 7.07. The van der Waals surface area contributed by atoms with Crippen molar-refractivity contribution in [3.05, 3.63) is 65.7 Å². The highest BCUT2D eigenvalue weighted by Crippen LogP contribution is 2.18. The number of aryl methyl sites for hydroxylation is 1. The molecule has 1 aliphatic heterocycles. The molecule has 1 N–H and O–H groups in total. The van der Waals surface area contributed by atoms with Gasteiger partial charge in [-0.1, -0.05) is 48.5 Å². The summed E-state index contributed by atoms with van der Waals surface area (Å²) in [7, 11) is 0. The van der Waals surface area contributed by atoms with Crippen LogP contribution in [0.5, 0.6) is 5.75 Å². The van der Waals surface area contributed by atoms with Crippen molar-refractivity contribution in [3.8, 4) is 5.75 Å². The van der Waals surface area contributed by atoms with Gasteiger partial charge in [0, 0.05) is 25.7 Å². The van der Waals surface area contributed by atoms with Crippen molar-refractivity contribution in [3.63, 3.8) is 0 Å². The highest BCUT2D eigenvalue weighted by molar-refractivity contribution is 5.81. The second-order valence-electron chi connectivity index (χ2n) is 7.07. The molecule has 1 aliphatic rings. The van der Waals surface area contributed by atoms with E-state index in [9.17, 15) is 4.79 Å². The molecule has 0 unspecified atom stereocenters. The number of amides is 1. The van der Waals surface area contributed by atoms with Crippen LogP contribution in [0.2, 0.25) is 0 Å². The van der Waals surface area contributed by atoms with Crippen LogP contribution in [-0.2, 0) is 11.3 Å². The molecular formula is C22H28N2O2. The second kappa shape index (κ2) is 8.86. The van der Waals surface area contributed by atoms with Crippen LogP contribution < -0.4 is 10.1 Å². The standard InChI is InChI=1S/C22H28N2O2/c1-17-8-6-7-11-21(17)26-18(2)22(25)23-20-12-14-24(15-13-20)16-19-9-4-3-5-10-19/h3-11,18,20H,12-16H2,1-2H3,(H,23,25)/t18-/m0/s1. The van der Waals surface area contributed by atoms with E-state index in [0.717, 1.165) is 43.8 Å². The lowest BCUT2D eigenvalue weighted by Crippen LogP contribution is -2.47. The fourth-order valence-electron chi connectivity index (χ4n) is 3.33. The van der Waals surface area contributed by atoms with Crippen molar-refractivity contribution >= 4 is 5.91 Å². The summed E-state index contributed by atoms with van der Waals surface area (Å²) in [5.74, 6) is 0.739. The Morgan fingerprint density at radius 1 is 1.12 bits per heavy atom. The molecule has 1 heterocycles. The average molecular weight is 352 g/mol. The van der Waals surface area contributed by atoms with E-state index in [0.29, 0.717) is 0 Å². The fraction of sp³-hybridized carbons (Fsp3) is 0.409. The summed E-state index contributed by atoms with van der Waals surface area (Å²) in [5, 5.41) is 3.15. The van der Waals surface area contributed by atoms with E-state index in [4.69, 9.17) is 4.74 Å². The maximum Gasteiger partial charge on any atom is 0.260 e. The van der Waals surface area contributed by atoms with Gasteiger partial charge in [-0.2, -0.15) is 0 Å². The third kappa shape index (κ3) is 5.09. The summed E-state index contributed by atoms with van der Waals surface area (Å²) < 4.78 is 5.83. The maximum absolute atomic E-state index is 12.4. The third-order valence-electron chi connectivity index (χ3n) is 4.95. The van der Waals surface area contributed by atoms with Crippen LogP contribution in [0.4, 0.5) is 0 Å². The molecule has 138 valence electrons. The molecule has 1 saturated heterocycles. The minimum absolute atomic E-state index is 0.0326. The quantitative estimate of drug-likeness (QED) is 0.864. The molecule has 1 amide bonds. The largest absolute Gasteiger partial charge is 0.481 e. The first-order valence-corrected chi connectivity index (χ1v) is 9.41. The van der Waals surface area contributed by atoms with Gasteiger partial charge in [0.1, 0.15) is 5.75 Å². The van der Waals surface area contributed by atoms with Crippen molar-refractivity contribution in [1.82, 2.24) is 10.2 Å². The molecule has 0 aliphatic carbocycles. The number of rotatable bonds is 6. The predicted molar refractivity (Wildman–Crippen MR) is 104 cm³/mol. The van der Waals surface area contributed by atoms with E-state index in [-0.39, 0.29) is 11.9 Å². The van der Waals surface area contributed by atoms with Crippen LogP contribution in [0.15, 0.2) is 54.6 Å². The maximum atomic E-state index is 12.4. The Morgan fingerprint density at radius 3 is 2.46 bits per heavy atom. The lowest BCUT2D eigenvalue weighted by Gasteiger charge is -2.32. The van der Waals surface area contributed by atoms with E-state index >= 15 is 0 Å². The smallest absolute Gasteiger partial charge is 0.260 e. The molecule has 4 heteroatoms. The number of benzene rings is 2. The molecule has 2 aromatic rings. The SMILES string of the molecule is Cc1ccccc1O[C@@H](C)C(=O)NC1CCN(Cc2ccccc2)CC1. The van der Waals surface area contributed by atoms with Gasteiger partial charge in [0.05, 0.1) is 0 Å². The zero-order valence-electron chi connectivity index (χ0n) is 15.7. The molecule has 4 nitrogen and oxygen atoms in total. The van der Waals surface area contributed by atoms with Crippen LogP contribution in [-0.4, -0.2) is 36.0 Å². The third-order valence-corrected chi connectivity index (χ3v) is 4.95. The Labute approximate surface area is 156 Å². The molecular weight excluding hydrogens is 324 g/mol. The van der Waals surface area contributed by atoms with Crippen molar-refractivity contribution in [2.45, 2.75) is 45.4 Å². The highest BCUT2D eigenvalue weighted by Gasteiger charge is 2.23. The Kier molecular flexibility index (Phi) is 6.29. The number of carbonyl (C=O) groups excluding carboxylic acids is 1. The number of likely N-dealkylation sites (tertiary alicyclic amines) is 1. The van der Waals surface area contributed by atoms with Gasteiger partial charge < -0.3 is 10.1 Å². The van der Waals surface area contributed by atoms with Gasteiger partial charge in [-0.3, -0.25) is 9.69 Å². The summed E-state index contributed by atoms with van der Waals surface area (Å²) in [5.41, 5.74) is 2.39. The number of nitrogens with one attached hydrogen (secondary N) is 1. The molecule has 0 spiro atoms. The van der Waals surface area contributed by atoms with Crippen molar-refractivity contribution in [2.24, 2.45) is 0 Å². The summed E-state index contributed by atoms with van der Waals surface area (Å²) in [6, 6.07) is 18.6. The summed E-state index contributed by atoms with van der Waals surface area (Å²) in [4.78, 5) is 14.9. The summed E-state index contributed by atoms with van der Waals surface area (Å²) in [6.45, 7) is 6.79. The molecule has 0 radical (unpaired) electrons. The minimum Gasteiger partial charge on any atom is -0.481 e. The number of hydrogen-bond acceptors (Lipinski definition) is 3. The molecule has 2 aromatic carbocycles. The Bertz CT molecular complexity index is 709. The zero-order chi connectivity index (χ0) is 18.4. The van der Waals surface area contributed by atoms with E-state index in [1.807, 2.05) is 44.2 Å². The predicted octanol–water partition coefficient (Wildman–Crippen LogP) is 3.54. The molecule has 3 rings (SSSR count). The van der Waals surface area contributed by atoms with E-state index in [2.05, 4.69) is 34.5 Å². The number of piperidine rings is 1. The molecule has 26 heavy (non-hydrogen) atoms. The van der Waals surface area contributed by atoms with Gasteiger partial charge in [0.2, 0.25) is 0 Å². The van der Waals surface area contributed by atoms with Crippen LogP contribution in [0.1, 0.15) is 30.9 Å². The number of ether oxygens (including phenoxy) is 1. The number of hydrogen-bond donors (Lipinski definition) is 1. The van der Waals surface area contributed by atoms with Gasteiger partial charge in [-0.25, -0.2) is 0 Å². The highest BCUT2D eigenvalue weighted by atomic mass is 16.5. The van der Waals surface area contributed by atoms with E-state index in [1.54, 1.807) is 0 Å². The number of para-hydroxylation sites is 1. The van der Waals surface area contributed by atoms with Gasteiger partial charge in [-0.05, 0) is 43.9 Å². The van der Waals surface area contributed by atoms with Gasteiger partial charge >= 0.3 is 0 Å². The lowest BCUT2D eigenvalue weighted by molar-refractivity contribution is -0.128. The van der Waals surface area contributed by atoms with Crippen molar-refractivity contribution in [2.75, 3.05) is 13.1 Å². The normalized spacial score (nSPS) is 16.8. The Hall–Kier alpha value is -2.33. The molecule has 0 aromatic heterocycles. The van der Waals surface area contributed by atoms with E-state index in [1.165, 1.54) is 5.56 Å². The molecule has 0 saturated carbocycles. The molecule has 1 atom stereocenters. The Morgan fingerprint density at radius 2 is 1.77 bits per heavy atom. The van der Waals surface area contributed by atoms with Crippen LogP contribution in [0, 0.1) is 6.92 Å². The first-order chi connectivity index (χ1) is 12.6. The average Bonchev–Trinajstić information content (AvgIpc) is 2.66. The summed E-state index contributed by atoms with van der Waals surface area (Å²) >= 11 is 0.